The molecule has 1 aromatic heterocycles. The van der Waals surface area contributed by atoms with Gasteiger partial charge in [0.1, 0.15) is 11.6 Å². The molecule has 6 nitrogen and oxygen atoms in total. The van der Waals surface area contributed by atoms with Gasteiger partial charge in [-0.3, -0.25) is 14.6 Å². The molecule has 0 bridgehead atoms. The van der Waals surface area contributed by atoms with Crippen molar-refractivity contribution in [3.8, 4) is 16.9 Å². The van der Waals surface area contributed by atoms with Crippen LogP contribution in [0.3, 0.4) is 0 Å². The van der Waals surface area contributed by atoms with Gasteiger partial charge in [0.15, 0.2) is 6.10 Å². The number of halogens is 3. The highest BCUT2D eigenvalue weighted by molar-refractivity contribution is 6.39. The van der Waals surface area contributed by atoms with Crippen LogP contribution < -0.4 is 4.74 Å². The highest BCUT2D eigenvalue weighted by Gasteiger charge is 2.23. The number of likely N-dealkylation sites (tertiary alicyclic amines) is 1. The number of carboxylic acid groups (broad SMARTS) is 1. The average Bonchev–Trinajstić information content (AvgIpc) is 2.79. The lowest BCUT2D eigenvalue weighted by Gasteiger charge is -2.29. The molecule has 0 aliphatic carbocycles. The summed E-state index contributed by atoms with van der Waals surface area (Å²) < 4.78 is 19.5. The highest BCUT2D eigenvalue weighted by Crippen LogP contribution is 2.39. The van der Waals surface area contributed by atoms with Crippen molar-refractivity contribution in [2.24, 2.45) is 0 Å². The Kier molecular flexibility index (Phi) is 8.47. The summed E-state index contributed by atoms with van der Waals surface area (Å²) in [6.07, 6.45) is 4.30. The third-order valence-electron chi connectivity index (χ3n) is 5.32. The van der Waals surface area contributed by atoms with E-state index in [1.807, 2.05) is 11.0 Å². The quantitative estimate of drug-likeness (QED) is 0.463. The smallest absolute Gasteiger partial charge is 0.290 e. The summed E-state index contributed by atoms with van der Waals surface area (Å²) >= 11 is 12.5. The van der Waals surface area contributed by atoms with Crippen molar-refractivity contribution in [1.29, 1.82) is 0 Å². The number of amides is 1. The van der Waals surface area contributed by atoms with E-state index in [9.17, 15) is 9.18 Å². The van der Waals surface area contributed by atoms with Crippen molar-refractivity contribution in [2.75, 3.05) is 13.1 Å². The van der Waals surface area contributed by atoms with E-state index in [0.717, 1.165) is 36.9 Å². The van der Waals surface area contributed by atoms with Gasteiger partial charge in [-0.1, -0.05) is 23.2 Å². The van der Waals surface area contributed by atoms with Crippen LogP contribution in [0.25, 0.3) is 22.0 Å². The van der Waals surface area contributed by atoms with Crippen molar-refractivity contribution < 1.29 is 23.8 Å². The number of fused-ring (bicyclic) bond motifs is 1. The van der Waals surface area contributed by atoms with Crippen molar-refractivity contribution in [3.63, 3.8) is 0 Å². The van der Waals surface area contributed by atoms with Gasteiger partial charge in [0.2, 0.25) is 0 Å². The number of carbonyl (C=O) groups is 2. The fraction of sp³-hybridized carbons (Fsp3) is 0.292. The molecule has 1 unspecified atom stereocenters. The van der Waals surface area contributed by atoms with Crippen LogP contribution in [0.5, 0.6) is 5.75 Å². The van der Waals surface area contributed by atoms with Crippen molar-refractivity contribution in [2.45, 2.75) is 32.3 Å². The van der Waals surface area contributed by atoms with Crippen LogP contribution in [0, 0.1) is 5.82 Å². The van der Waals surface area contributed by atoms with Crippen molar-refractivity contribution in [1.82, 2.24) is 9.88 Å². The number of pyridine rings is 1. The predicted octanol–water partition coefficient (Wildman–Crippen LogP) is 5.83. The molecule has 4 rings (SSSR count). The molecule has 2 aromatic carbocycles. The zero-order valence-electron chi connectivity index (χ0n) is 17.9. The van der Waals surface area contributed by atoms with Gasteiger partial charge < -0.3 is 14.7 Å². The first-order valence-electron chi connectivity index (χ1n) is 10.4. The first-order valence-corrected chi connectivity index (χ1v) is 11.2. The summed E-state index contributed by atoms with van der Waals surface area (Å²) in [4.78, 5) is 27.3. The molecule has 33 heavy (non-hydrogen) atoms. The lowest BCUT2D eigenvalue weighted by molar-refractivity contribution is -0.138. The maximum Gasteiger partial charge on any atom is 0.290 e. The Morgan fingerprint density at radius 3 is 2.42 bits per heavy atom. The number of hydrogen-bond acceptors (Lipinski definition) is 4. The topological polar surface area (TPSA) is 79.7 Å². The van der Waals surface area contributed by atoms with Gasteiger partial charge in [0, 0.05) is 36.3 Å². The highest BCUT2D eigenvalue weighted by atomic mass is 35.5. The first kappa shape index (κ1) is 24.7. The van der Waals surface area contributed by atoms with Gasteiger partial charge in [0.05, 0.1) is 15.6 Å². The fourth-order valence-corrected chi connectivity index (χ4v) is 4.51. The van der Waals surface area contributed by atoms with E-state index in [2.05, 4.69) is 4.98 Å². The summed E-state index contributed by atoms with van der Waals surface area (Å²) in [5.74, 6) is 0.0675. The SMILES string of the molecule is CC(Oc1ccc2c(-c3c(Cl)cc(F)cc3Cl)ccnc2c1)C(=O)N1CCCCC1.O=CO. The van der Waals surface area contributed by atoms with E-state index in [-0.39, 0.29) is 22.4 Å². The summed E-state index contributed by atoms with van der Waals surface area (Å²) in [7, 11) is 0. The summed E-state index contributed by atoms with van der Waals surface area (Å²) in [6.45, 7) is 3.09. The van der Waals surface area contributed by atoms with Crippen LogP contribution in [0.2, 0.25) is 10.0 Å². The zero-order chi connectivity index (χ0) is 24.0. The second-order valence-electron chi connectivity index (χ2n) is 7.53. The Morgan fingerprint density at radius 1 is 1.15 bits per heavy atom. The minimum atomic E-state index is -0.579. The van der Waals surface area contributed by atoms with E-state index in [4.69, 9.17) is 37.8 Å². The molecule has 1 fully saturated rings. The van der Waals surface area contributed by atoms with Gasteiger partial charge in [-0.2, -0.15) is 0 Å². The number of hydrogen-bond donors (Lipinski definition) is 1. The third kappa shape index (κ3) is 5.92. The number of nitrogens with zero attached hydrogens (tertiary/aromatic N) is 2. The molecular weight excluding hydrogens is 470 g/mol. The number of ether oxygens (including phenoxy) is 1. The molecular formula is C24H23Cl2FN2O4. The van der Waals surface area contributed by atoms with Gasteiger partial charge >= 0.3 is 0 Å². The summed E-state index contributed by atoms with van der Waals surface area (Å²) in [5, 5.41) is 8.15. The van der Waals surface area contributed by atoms with E-state index >= 15 is 0 Å². The Morgan fingerprint density at radius 2 is 1.79 bits per heavy atom. The van der Waals surface area contributed by atoms with Gasteiger partial charge in [-0.25, -0.2) is 4.39 Å². The van der Waals surface area contributed by atoms with Crippen LogP contribution in [-0.4, -0.2) is 46.6 Å². The largest absolute Gasteiger partial charge is 0.483 e. The van der Waals surface area contributed by atoms with E-state index in [1.165, 1.54) is 18.6 Å². The van der Waals surface area contributed by atoms with Crippen molar-refractivity contribution >= 4 is 46.5 Å². The Balaban J connectivity index is 0.000000968. The Bertz CT molecular complexity index is 1130. The summed E-state index contributed by atoms with van der Waals surface area (Å²) in [6, 6.07) is 9.68. The Hall–Kier alpha value is -2.90. The fourth-order valence-electron chi connectivity index (χ4n) is 3.84. The molecule has 1 saturated heterocycles. The number of benzene rings is 2. The van der Waals surface area contributed by atoms with Gasteiger partial charge in [-0.05, 0) is 62.1 Å². The molecule has 2 heterocycles. The van der Waals surface area contributed by atoms with E-state index in [1.54, 1.807) is 31.3 Å². The standard InChI is InChI=1S/C23H21Cl2FN2O2.CH2O2/c1-14(23(29)28-9-3-2-4-10-28)30-16-5-6-17-18(7-8-27-21(17)13-16)22-19(24)11-15(26)12-20(22)25;2-1-3/h5-8,11-14H,2-4,9-10H2,1H3;1H,(H,2,3). The number of rotatable bonds is 4. The number of piperidine rings is 1. The average molecular weight is 493 g/mol. The zero-order valence-corrected chi connectivity index (χ0v) is 19.4. The number of carbonyl (C=O) groups excluding carboxylic acids is 1. The molecule has 0 radical (unpaired) electrons. The normalized spacial score (nSPS) is 14.2. The van der Waals surface area contributed by atoms with E-state index in [0.29, 0.717) is 16.8 Å². The minimum Gasteiger partial charge on any atom is -0.483 e. The molecule has 0 saturated carbocycles. The maximum absolute atomic E-state index is 13.6. The molecule has 1 atom stereocenters. The van der Waals surface area contributed by atoms with Crippen LogP contribution in [0.1, 0.15) is 26.2 Å². The van der Waals surface area contributed by atoms with E-state index < -0.39 is 11.9 Å². The molecule has 0 spiro atoms. The molecule has 174 valence electrons. The van der Waals surface area contributed by atoms with Crippen LogP contribution in [0.4, 0.5) is 4.39 Å². The van der Waals surface area contributed by atoms with Crippen LogP contribution in [-0.2, 0) is 9.59 Å². The monoisotopic (exact) mass is 492 g/mol. The summed E-state index contributed by atoms with van der Waals surface area (Å²) in [5.41, 5.74) is 1.97. The van der Waals surface area contributed by atoms with Gasteiger partial charge in [-0.15, -0.1) is 0 Å². The predicted molar refractivity (Wildman–Crippen MR) is 126 cm³/mol. The van der Waals surface area contributed by atoms with Crippen LogP contribution >= 0.6 is 23.2 Å². The lowest BCUT2D eigenvalue weighted by atomic mass is 10.0. The third-order valence-corrected chi connectivity index (χ3v) is 5.91. The second kappa shape index (κ2) is 11.3. The van der Waals surface area contributed by atoms with Crippen LogP contribution in [0.15, 0.2) is 42.6 Å². The maximum atomic E-state index is 13.6. The molecule has 9 heteroatoms. The molecule has 1 N–H and O–H groups in total. The molecule has 1 aliphatic rings. The lowest BCUT2D eigenvalue weighted by Crippen LogP contribution is -2.43. The molecule has 3 aromatic rings. The second-order valence-corrected chi connectivity index (χ2v) is 8.35. The van der Waals surface area contributed by atoms with Crippen molar-refractivity contribution in [3.05, 3.63) is 58.5 Å². The minimum absolute atomic E-state index is 0.00128. The van der Waals surface area contributed by atoms with Gasteiger partial charge in [0.25, 0.3) is 12.4 Å². The first-order chi connectivity index (χ1) is 15.8. The molecule has 1 amide bonds. The Labute approximate surface area is 200 Å². The molecule has 1 aliphatic heterocycles. The number of aromatic nitrogens is 1.